The van der Waals surface area contributed by atoms with Crippen molar-refractivity contribution in [3.8, 4) is 0 Å². The van der Waals surface area contributed by atoms with Gasteiger partial charge >= 0.3 is 0 Å². The number of nitrogens with two attached hydrogens (primary N) is 1. The van der Waals surface area contributed by atoms with E-state index in [-0.39, 0.29) is 17.4 Å². The van der Waals surface area contributed by atoms with Gasteiger partial charge in [0.15, 0.2) is 5.03 Å². The van der Waals surface area contributed by atoms with Crippen LogP contribution in [0.15, 0.2) is 11.2 Å². The summed E-state index contributed by atoms with van der Waals surface area (Å²) in [5, 5.41) is 6.84. The summed E-state index contributed by atoms with van der Waals surface area (Å²) >= 11 is 0. The van der Waals surface area contributed by atoms with Gasteiger partial charge in [-0.3, -0.25) is 5.41 Å². The zero-order valence-electron chi connectivity index (χ0n) is 7.53. The van der Waals surface area contributed by atoms with Crippen molar-refractivity contribution in [2.45, 2.75) is 11.9 Å². The highest BCUT2D eigenvalue weighted by Crippen LogP contribution is 2.03. The Hall–Kier alpha value is -1.41. The van der Waals surface area contributed by atoms with Crippen LogP contribution in [0, 0.1) is 12.3 Å². The zero-order valence-corrected chi connectivity index (χ0v) is 8.35. The van der Waals surface area contributed by atoms with Crippen molar-refractivity contribution in [2.75, 3.05) is 6.54 Å². The van der Waals surface area contributed by atoms with Gasteiger partial charge in [0.05, 0.1) is 12.7 Å². The first-order valence-electron chi connectivity index (χ1n) is 3.76. The lowest BCUT2D eigenvalue weighted by atomic mass is 10.6. The Morgan fingerprint density at radius 1 is 1.79 bits per heavy atom. The summed E-state index contributed by atoms with van der Waals surface area (Å²) in [6, 6.07) is 0. The van der Waals surface area contributed by atoms with E-state index in [9.17, 15) is 8.42 Å². The third-order valence-electron chi connectivity index (χ3n) is 1.42. The number of hydrogen-bond donors (Lipinski definition) is 4. The smallest absolute Gasteiger partial charge is 0.258 e. The Morgan fingerprint density at radius 2 is 2.43 bits per heavy atom. The Morgan fingerprint density at radius 3 is 2.86 bits per heavy atom. The number of hydrogen-bond acceptors (Lipinski definition) is 4. The second-order valence-electron chi connectivity index (χ2n) is 2.68. The van der Waals surface area contributed by atoms with E-state index in [0.29, 0.717) is 5.82 Å². The first-order chi connectivity index (χ1) is 6.42. The average molecular weight is 217 g/mol. The molecular formula is C6H11N5O2S. The predicted octanol–water partition coefficient (Wildman–Crippen LogP) is -1.07. The summed E-state index contributed by atoms with van der Waals surface area (Å²) in [6.45, 7) is 1.43. The molecule has 14 heavy (non-hydrogen) atoms. The number of H-pyrrole nitrogens is 1. The van der Waals surface area contributed by atoms with Gasteiger partial charge in [-0.25, -0.2) is 18.1 Å². The van der Waals surface area contributed by atoms with E-state index in [1.165, 1.54) is 6.20 Å². The molecule has 0 saturated carbocycles. The van der Waals surface area contributed by atoms with Gasteiger partial charge < -0.3 is 10.7 Å². The molecule has 1 rings (SSSR count). The molecule has 0 fully saturated rings. The second kappa shape index (κ2) is 3.76. The second-order valence-corrected chi connectivity index (χ2v) is 4.42. The van der Waals surface area contributed by atoms with Crippen molar-refractivity contribution in [1.29, 1.82) is 5.41 Å². The molecule has 1 aromatic rings. The zero-order chi connectivity index (χ0) is 10.8. The lowest BCUT2D eigenvalue weighted by Gasteiger charge is -2.02. The van der Waals surface area contributed by atoms with Crippen molar-refractivity contribution < 1.29 is 8.42 Å². The van der Waals surface area contributed by atoms with Crippen LogP contribution >= 0.6 is 0 Å². The van der Waals surface area contributed by atoms with Crippen molar-refractivity contribution in [1.82, 2.24) is 14.7 Å². The van der Waals surface area contributed by atoms with Crippen molar-refractivity contribution in [3.05, 3.63) is 12.0 Å². The summed E-state index contributed by atoms with van der Waals surface area (Å²) in [4.78, 5) is 6.32. The maximum atomic E-state index is 11.4. The first kappa shape index (κ1) is 10.7. The predicted molar refractivity (Wildman–Crippen MR) is 50.4 cm³/mol. The number of sulfonamides is 1. The highest BCUT2D eigenvalue weighted by molar-refractivity contribution is 7.89. The van der Waals surface area contributed by atoms with Crippen LogP contribution in [0.4, 0.5) is 0 Å². The molecule has 7 nitrogen and oxygen atoms in total. The van der Waals surface area contributed by atoms with Crippen LogP contribution in [0.2, 0.25) is 0 Å². The summed E-state index contributed by atoms with van der Waals surface area (Å²) in [5.74, 6) is 0.262. The molecule has 0 saturated heterocycles. The summed E-state index contributed by atoms with van der Waals surface area (Å²) in [6.07, 6.45) is 1.21. The maximum Gasteiger partial charge on any atom is 0.258 e. The minimum atomic E-state index is -3.62. The topological polar surface area (TPSA) is 125 Å². The molecule has 5 N–H and O–H groups in total. The van der Waals surface area contributed by atoms with Gasteiger partial charge in [0.2, 0.25) is 0 Å². The van der Waals surface area contributed by atoms with E-state index in [0.717, 1.165) is 0 Å². The molecule has 78 valence electrons. The van der Waals surface area contributed by atoms with Gasteiger partial charge in [0, 0.05) is 0 Å². The monoisotopic (exact) mass is 217 g/mol. The van der Waals surface area contributed by atoms with Crippen LogP contribution in [0.1, 0.15) is 5.82 Å². The highest BCUT2D eigenvalue weighted by Gasteiger charge is 2.15. The number of aromatic amines is 1. The fourth-order valence-corrected chi connectivity index (χ4v) is 1.76. The molecule has 0 aliphatic rings. The lowest BCUT2D eigenvalue weighted by molar-refractivity contribution is 0.583. The normalized spacial score (nSPS) is 11.5. The first-order valence-corrected chi connectivity index (χ1v) is 5.24. The van der Waals surface area contributed by atoms with Crippen LogP contribution in [0.5, 0.6) is 0 Å². The average Bonchev–Trinajstić information content (AvgIpc) is 2.49. The van der Waals surface area contributed by atoms with E-state index in [1.54, 1.807) is 6.92 Å². The van der Waals surface area contributed by atoms with Crippen molar-refractivity contribution >= 4 is 15.9 Å². The van der Waals surface area contributed by atoms with E-state index in [2.05, 4.69) is 14.7 Å². The number of nitrogens with zero attached hydrogens (tertiary/aromatic N) is 1. The molecule has 8 heteroatoms. The Bertz CT molecular complexity index is 435. The number of amidine groups is 1. The Labute approximate surface area is 81.3 Å². The van der Waals surface area contributed by atoms with Crippen LogP contribution in [-0.4, -0.2) is 30.8 Å². The third-order valence-corrected chi connectivity index (χ3v) is 2.73. The SMILES string of the molecule is Cc1ncc(S(=O)(=O)NCC(=N)N)[nH]1. The molecule has 0 aliphatic carbocycles. The lowest BCUT2D eigenvalue weighted by Crippen LogP contribution is -2.33. The molecule has 0 aromatic carbocycles. The fourth-order valence-electron chi connectivity index (χ4n) is 0.785. The molecule has 0 bridgehead atoms. The van der Waals surface area contributed by atoms with Crippen molar-refractivity contribution in [3.63, 3.8) is 0 Å². The number of imidazole rings is 1. The number of aryl methyl sites for hydroxylation is 1. The van der Waals surface area contributed by atoms with Crippen LogP contribution < -0.4 is 10.5 Å². The van der Waals surface area contributed by atoms with Gasteiger partial charge in [-0.1, -0.05) is 0 Å². The minimum Gasteiger partial charge on any atom is -0.387 e. The van der Waals surface area contributed by atoms with E-state index >= 15 is 0 Å². The molecule has 0 radical (unpaired) electrons. The van der Waals surface area contributed by atoms with E-state index in [4.69, 9.17) is 11.1 Å². The number of nitrogens with one attached hydrogen (secondary N) is 3. The fraction of sp³-hybridized carbons (Fsp3) is 0.333. The number of aromatic nitrogens is 2. The van der Waals surface area contributed by atoms with Crippen molar-refractivity contribution in [2.24, 2.45) is 5.73 Å². The van der Waals surface area contributed by atoms with Gasteiger partial charge in [0.25, 0.3) is 10.0 Å². The van der Waals surface area contributed by atoms with Gasteiger partial charge in [-0.05, 0) is 6.92 Å². The van der Waals surface area contributed by atoms with Gasteiger partial charge in [-0.15, -0.1) is 0 Å². The molecule has 0 atom stereocenters. The summed E-state index contributed by atoms with van der Waals surface area (Å²) in [7, 11) is -3.62. The molecule has 0 amide bonds. The third kappa shape index (κ3) is 2.54. The number of rotatable bonds is 4. The van der Waals surface area contributed by atoms with Crippen LogP contribution in [-0.2, 0) is 10.0 Å². The van der Waals surface area contributed by atoms with Crippen LogP contribution in [0.3, 0.4) is 0 Å². The van der Waals surface area contributed by atoms with E-state index in [1.807, 2.05) is 0 Å². The molecule has 0 spiro atoms. The summed E-state index contributed by atoms with van der Waals surface area (Å²) < 4.78 is 25.0. The van der Waals surface area contributed by atoms with Gasteiger partial charge in [-0.2, -0.15) is 0 Å². The Kier molecular flexibility index (Phi) is 2.87. The molecule has 0 aliphatic heterocycles. The minimum absolute atomic E-state index is 0.0312. The molecular weight excluding hydrogens is 206 g/mol. The standard InChI is InChI=1S/C6H11N5O2S/c1-4-9-3-6(11-4)14(12,13)10-2-5(7)8/h3,10H,2H2,1H3,(H3,7,8)(H,9,11). The molecule has 0 unspecified atom stereocenters. The largest absolute Gasteiger partial charge is 0.387 e. The molecule has 1 aromatic heterocycles. The van der Waals surface area contributed by atoms with E-state index < -0.39 is 10.0 Å². The summed E-state index contributed by atoms with van der Waals surface area (Å²) in [5.41, 5.74) is 5.01. The maximum absolute atomic E-state index is 11.4. The van der Waals surface area contributed by atoms with Crippen LogP contribution in [0.25, 0.3) is 0 Å². The highest BCUT2D eigenvalue weighted by atomic mass is 32.2. The Balaban J connectivity index is 2.81. The van der Waals surface area contributed by atoms with Gasteiger partial charge in [0.1, 0.15) is 11.7 Å². The quantitative estimate of drug-likeness (QED) is 0.378. The molecule has 1 heterocycles.